The molecule has 0 radical (unpaired) electrons. The van der Waals surface area contributed by atoms with Crippen LogP contribution < -0.4 is 5.56 Å². The second-order valence-electron chi connectivity index (χ2n) is 4.05. The van der Waals surface area contributed by atoms with E-state index in [1.54, 1.807) is 29.3 Å². The average molecular weight is 280 g/mol. The number of thioether (sulfide) groups is 1. The zero-order valence-corrected chi connectivity index (χ0v) is 11.3. The summed E-state index contributed by atoms with van der Waals surface area (Å²) in [5.41, 5.74) is 1.09. The Hall–Kier alpha value is -1.33. The number of aromatic nitrogens is 3. The Morgan fingerprint density at radius 1 is 1.39 bits per heavy atom. The first-order valence-corrected chi connectivity index (χ1v) is 6.91. The van der Waals surface area contributed by atoms with Crippen LogP contribution in [0.4, 0.5) is 0 Å². The number of hydrogen-bond acceptors (Lipinski definition) is 4. The molecular weight excluding hydrogens is 270 g/mol. The minimum absolute atomic E-state index is 0.119. The van der Waals surface area contributed by atoms with E-state index in [0.717, 1.165) is 22.8 Å². The maximum atomic E-state index is 12.2. The zero-order valence-electron chi connectivity index (χ0n) is 9.68. The molecule has 0 N–H and O–H groups in total. The van der Waals surface area contributed by atoms with E-state index in [2.05, 4.69) is 10.2 Å². The van der Waals surface area contributed by atoms with Crippen molar-refractivity contribution >= 4 is 23.4 Å². The molecular formula is C12H10ClN3OS. The maximum Gasteiger partial charge on any atom is 0.279 e. The fraction of sp³-hybridized carbons (Fsp3) is 0.250. The molecule has 1 aromatic heterocycles. The number of benzene rings is 1. The molecule has 92 valence electrons. The lowest BCUT2D eigenvalue weighted by molar-refractivity contribution is 0.737. The van der Waals surface area contributed by atoms with Crippen LogP contribution in [0, 0.1) is 6.92 Å². The minimum Gasteiger partial charge on any atom is -0.267 e. The van der Waals surface area contributed by atoms with E-state index in [-0.39, 0.29) is 5.56 Å². The Morgan fingerprint density at radius 3 is 3.06 bits per heavy atom. The van der Waals surface area contributed by atoms with Crippen LogP contribution in [0.15, 0.2) is 27.9 Å². The fourth-order valence-electron chi connectivity index (χ4n) is 1.95. The van der Waals surface area contributed by atoms with Gasteiger partial charge in [-0.15, -0.1) is 22.0 Å². The van der Waals surface area contributed by atoms with Gasteiger partial charge in [0.2, 0.25) is 0 Å². The summed E-state index contributed by atoms with van der Waals surface area (Å²) >= 11 is 7.73. The average Bonchev–Trinajstić information content (AvgIpc) is 2.53. The maximum absolute atomic E-state index is 12.2. The first-order valence-electron chi connectivity index (χ1n) is 5.55. The van der Waals surface area contributed by atoms with Gasteiger partial charge in [0.25, 0.3) is 5.56 Å². The summed E-state index contributed by atoms with van der Waals surface area (Å²) < 4.78 is 1.63. The Kier molecular flexibility index (Phi) is 2.87. The molecule has 1 aliphatic rings. The molecule has 0 spiro atoms. The van der Waals surface area contributed by atoms with Crippen molar-refractivity contribution in [3.8, 4) is 5.69 Å². The third-order valence-corrected chi connectivity index (χ3v) is 4.13. The highest BCUT2D eigenvalue weighted by Crippen LogP contribution is 2.31. The van der Waals surface area contributed by atoms with Crippen molar-refractivity contribution in [1.82, 2.24) is 14.8 Å². The van der Waals surface area contributed by atoms with Crippen molar-refractivity contribution < 1.29 is 0 Å². The molecule has 6 heteroatoms. The Bertz CT molecular complexity index is 684. The van der Waals surface area contributed by atoms with Gasteiger partial charge in [-0.05, 0) is 25.1 Å². The van der Waals surface area contributed by atoms with Gasteiger partial charge in [0.1, 0.15) is 11.5 Å². The quantitative estimate of drug-likeness (QED) is 0.742. The van der Waals surface area contributed by atoms with Crippen molar-refractivity contribution in [1.29, 1.82) is 0 Å². The molecule has 1 aliphatic heterocycles. The smallest absolute Gasteiger partial charge is 0.267 e. The summed E-state index contributed by atoms with van der Waals surface area (Å²) in [7, 11) is 0. The number of aryl methyl sites for hydroxylation is 2. The van der Waals surface area contributed by atoms with Gasteiger partial charge in [-0.3, -0.25) is 9.36 Å². The Morgan fingerprint density at radius 2 is 2.22 bits per heavy atom. The standard InChI is InChI=1S/C12H10ClN3OS/c1-7-12(17)16-9-6-8(13)2-3-10(9)18-5-4-11(16)15-14-7/h2-3,6H,4-5H2,1H3. The molecule has 2 heterocycles. The third-order valence-electron chi connectivity index (χ3n) is 2.83. The highest BCUT2D eigenvalue weighted by Gasteiger charge is 2.18. The van der Waals surface area contributed by atoms with Crippen LogP contribution >= 0.6 is 23.4 Å². The van der Waals surface area contributed by atoms with Gasteiger partial charge in [-0.25, -0.2) is 0 Å². The molecule has 0 atom stereocenters. The van der Waals surface area contributed by atoms with Crippen LogP contribution in [0.25, 0.3) is 5.69 Å². The summed E-state index contributed by atoms with van der Waals surface area (Å²) in [5.74, 6) is 1.57. The second kappa shape index (κ2) is 4.40. The lowest BCUT2D eigenvalue weighted by Crippen LogP contribution is -2.27. The van der Waals surface area contributed by atoms with Crippen molar-refractivity contribution in [2.24, 2.45) is 0 Å². The van der Waals surface area contributed by atoms with E-state index in [0.29, 0.717) is 16.5 Å². The van der Waals surface area contributed by atoms with Crippen molar-refractivity contribution in [3.05, 3.63) is 45.1 Å². The molecule has 3 rings (SSSR count). The first-order chi connectivity index (χ1) is 8.66. The predicted molar refractivity (Wildman–Crippen MR) is 71.8 cm³/mol. The topological polar surface area (TPSA) is 47.8 Å². The largest absolute Gasteiger partial charge is 0.279 e. The molecule has 0 bridgehead atoms. The van der Waals surface area contributed by atoms with E-state index >= 15 is 0 Å². The van der Waals surface area contributed by atoms with E-state index in [1.807, 2.05) is 12.1 Å². The van der Waals surface area contributed by atoms with Gasteiger partial charge in [0, 0.05) is 22.1 Å². The van der Waals surface area contributed by atoms with Crippen LogP contribution in [-0.4, -0.2) is 20.5 Å². The molecule has 0 saturated heterocycles. The predicted octanol–water partition coefficient (Wildman–Crippen LogP) is 2.24. The van der Waals surface area contributed by atoms with Gasteiger partial charge in [0.15, 0.2) is 0 Å². The van der Waals surface area contributed by atoms with E-state index < -0.39 is 0 Å². The molecule has 0 fully saturated rings. The molecule has 2 aromatic rings. The molecule has 0 amide bonds. The first kappa shape index (κ1) is 11.7. The normalized spacial score (nSPS) is 13.7. The molecule has 4 nitrogen and oxygen atoms in total. The van der Waals surface area contributed by atoms with Gasteiger partial charge in [-0.1, -0.05) is 11.6 Å². The lowest BCUT2D eigenvalue weighted by atomic mass is 10.3. The number of nitrogens with zero attached hydrogens (tertiary/aromatic N) is 3. The van der Waals surface area contributed by atoms with Crippen molar-refractivity contribution in [3.63, 3.8) is 0 Å². The van der Waals surface area contributed by atoms with Crippen LogP contribution in [0.5, 0.6) is 0 Å². The second-order valence-corrected chi connectivity index (χ2v) is 5.63. The van der Waals surface area contributed by atoms with Crippen LogP contribution in [0.2, 0.25) is 5.02 Å². The lowest BCUT2D eigenvalue weighted by Gasteiger charge is -2.11. The third kappa shape index (κ3) is 1.83. The van der Waals surface area contributed by atoms with Crippen LogP contribution in [0.1, 0.15) is 11.5 Å². The Balaban J connectivity index is 2.39. The fourth-order valence-corrected chi connectivity index (χ4v) is 3.08. The van der Waals surface area contributed by atoms with E-state index in [1.165, 1.54) is 0 Å². The monoisotopic (exact) mass is 279 g/mol. The van der Waals surface area contributed by atoms with Gasteiger partial charge >= 0.3 is 0 Å². The molecule has 0 aliphatic carbocycles. The van der Waals surface area contributed by atoms with Gasteiger partial charge in [0.05, 0.1) is 5.69 Å². The SMILES string of the molecule is Cc1nnc2n(c1=O)-c1cc(Cl)ccc1SCC2. The highest BCUT2D eigenvalue weighted by molar-refractivity contribution is 7.99. The summed E-state index contributed by atoms with van der Waals surface area (Å²) in [4.78, 5) is 13.3. The van der Waals surface area contributed by atoms with Gasteiger partial charge < -0.3 is 0 Å². The highest BCUT2D eigenvalue weighted by atomic mass is 35.5. The zero-order chi connectivity index (χ0) is 12.7. The summed E-state index contributed by atoms with van der Waals surface area (Å²) in [6.45, 7) is 1.67. The minimum atomic E-state index is -0.119. The number of hydrogen-bond donors (Lipinski definition) is 0. The summed E-state index contributed by atoms with van der Waals surface area (Å²) in [6.07, 6.45) is 0.722. The Labute approximate surface area is 113 Å². The summed E-state index contributed by atoms with van der Waals surface area (Å²) in [5, 5.41) is 8.64. The number of fused-ring (bicyclic) bond motifs is 3. The molecule has 0 unspecified atom stereocenters. The number of rotatable bonds is 0. The molecule has 1 aromatic carbocycles. The van der Waals surface area contributed by atoms with E-state index in [9.17, 15) is 4.79 Å². The van der Waals surface area contributed by atoms with Crippen LogP contribution in [0.3, 0.4) is 0 Å². The van der Waals surface area contributed by atoms with Gasteiger partial charge in [-0.2, -0.15) is 0 Å². The van der Waals surface area contributed by atoms with Crippen LogP contribution in [-0.2, 0) is 6.42 Å². The molecule has 18 heavy (non-hydrogen) atoms. The summed E-state index contributed by atoms with van der Waals surface area (Å²) in [6, 6.07) is 5.59. The van der Waals surface area contributed by atoms with Crippen molar-refractivity contribution in [2.75, 3.05) is 5.75 Å². The van der Waals surface area contributed by atoms with E-state index in [4.69, 9.17) is 11.6 Å². The number of halogens is 1. The van der Waals surface area contributed by atoms with Crippen molar-refractivity contribution in [2.45, 2.75) is 18.2 Å². The molecule has 0 saturated carbocycles.